The van der Waals surface area contributed by atoms with Crippen LogP contribution in [-0.2, 0) is 9.53 Å². The zero-order valence-corrected chi connectivity index (χ0v) is 18.2. The van der Waals surface area contributed by atoms with Gasteiger partial charge in [-0.05, 0) is 48.9 Å². The molecule has 4 atom stereocenters. The zero-order chi connectivity index (χ0) is 23.8. The molecule has 2 aliphatic heterocycles. The number of furan rings is 1. The average molecular weight is 462 g/mol. The molecule has 0 bridgehead atoms. The lowest BCUT2D eigenvalue weighted by Crippen LogP contribution is -2.41. The van der Waals surface area contributed by atoms with Crippen molar-refractivity contribution in [2.75, 3.05) is 11.5 Å². The summed E-state index contributed by atoms with van der Waals surface area (Å²) in [5.74, 6) is -0.294. The van der Waals surface area contributed by atoms with Gasteiger partial charge in [0.1, 0.15) is 11.8 Å². The lowest BCUT2D eigenvalue weighted by molar-refractivity contribution is -0.384. The van der Waals surface area contributed by atoms with Crippen molar-refractivity contribution in [3.63, 3.8) is 0 Å². The van der Waals surface area contributed by atoms with Gasteiger partial charge in [-0.1, -0.05) is 12.1 Å². The Hall–Kier alpha value is -4.02. The van der Waals surface area contributed by atoms with Crippen LogP contribution in [0.5, 0.6) is 0 Å². The number of nitrogens with one attached hydrogen (secondary N) is 2. The monoisotopic (exact) mass is 462 g/mol. The Morgan fingerprint density at radius 1 is 1.12 bits per heavy atom. The Morgan fingerprint density at radius 3 is 2.56 bits per heavy atom. The predicted octanol–water partition coefficient (Wildman–Crippen LogP) is 3.29. The lowest BCUT2D eigenvalue weighted by Gasteiger charge is -2.30. The van der Waals surface area contributed by atoms with Gasteiger partial charge in [0, 0.05) is 23.7 Å². The smallest absolute Gasteiger partial charge is 0.338 e. The Bertz CT molecular complexity index is 1230. The van der Waals surface area contributed by atoms with Crippen LogP contribution in [0.4, 0.5) is 11.4 Å². The summed E-state index contributed by atoms with van der Waals surface area (Å²) in [6, 6.07) is 15.1. The predicted molar refractivity (Wildman–Crippen MR) is 121 cm³/mol. The molecule has 3 aromatic rings. The number of nitro groups is 1. The van der Waals surface area contributed by atoms with Gasteiger partial charge in [0.05, 0.1) is 35.4 Å². The molecule has 2 N–H and O–H groups in total. The van der Waals surface area contributed by atoms with Gasteiger partial charge in [0.2, 0.25) is 5.91 Å². The fourth-order valence-corrected chi connectivity index (χ4v) is 4.80. The van der Waals surface area contributed by atoms with E-state index >= 15 is 0 Å². The second kappa shape index (κ2) is 8.73. The van der Waals surface area contributed by atoms with Crippen LogP contribution in [0.15, 0.2) is 71.3 Å². The Labute approximate surface area is 194 Å². The molecule has 0 radical (unpaired) electrons. The molecule has 5 rings (SSSR count). The number of carbonyl (C=O) groups excluding carboxylic acids is 2. The summed E-state index contributed by atoms with van der Waals surface area (Å²) < 4.78 is 10.7. The van der Waals surface area contributed by atoms with Gasteiger partial charge in [-0.15, -0.1) is 0 Å². The van der Waals surface area contributed by atoms with Crippen molar-refractivity contribution in [2.24, 2.45) is 5.92 Å². The molecule has 2 fully saturated rings. The number of ether oxygens (including phenoxy) is 1. The van der Waals surface area contributed by atoms with Gasteiger partial charge in [-0.3, -0.25) is 14.9 Å². The number of hydrogen-bond donors (Lipinski definition) is 2. The number of hydrazine groups is 1. The minimum absolute atomic E-state index is 0.0560. The van der Waals surface area contributed by atoms with E-state index in [1.54, 1.807) is 60.6 Å². The average Bonchev–Trinajstić information content (AvgIpc) is 3.57. The number of non-ortho nitro benzene ring substituents is 1. The molecule has 0 spiro atoms. The molecule has 1 amide bonds. The molecule has 174 valence electrons. The van der Waals surface area contributed by atoms with E-state index < -0.39 is 23.0 Å². The number of rotatable bonds is 6. The Kier molecular flexibility index (Phi) is 5.60. The number of hydrogen-bond acceptors (Lipinski definition) is 8. The molecule has 4 unspecified atom stereocenters. The van der Waals surface area contributed by atoms with Crippen molar-refractivity contribution in [1.82, 2.24) is 10.9 Å². The molecule has 1 aromatic heterocycles. The van der Waals surface area contributed by atoms with Gasteiger partial charge in [-0.25, -0.2) is 15.6 Å². The molecule has 2 aliphatic rings. The standard InChI is InChI=1S/C24H22N4O6/c1-2-33-24(30)14-8-10-16(11-9-14)27-22(15-5-3-6-17(13-15)28(31)32)19-20(18-7-4-12-34-18)25-26-21(19)23(27)29/h3-13,19-22,25-26H,2H2,1H3. The van der Waals surface area contributed by atoms with Crippen molar-refractivity contribution in [3.05, 3.63) is 93.9 Å². The highest BCUT2D eigenvalue weighted by Gasteiger charge is 2.56. The number of benzene rings is 2. The second-order valence-corrected chi connectivity index (χ2v) is 8.11. The van der Waals surface area contributed by atoms with E-state index in [0.29, 0.717) is 22.6 Å². The molecule has 0 aliphatic carbocycles. The van der Waals surface area contributed by atoms with E-state index in [1.807, 2.05) is 6.07 Å². The highest BCUT2D eigenvalue weighted by atomic mass is 16.6. The first-order valence-electron chi connectivity index (χ1n) is 10.9. The van der Waals surface area contributed by atoms with Crippen LogP contribution in [0.1, 0.15) is 40.7 Å². The minimum Gasteiger partial charge on any atom is -0.468 e. The largest absolute Gasteiger partial charge is 0.468 e. The second-order valence-electron chi connectivity index (χ2n) is 8.11. The van der Waals surface area contributed by atoms with E-state index in [2.05, 4.69) is 10.9 Å². The third-order valence-corrected chi connectivity index (χ3v) is 6.24. The first kappa shape index (κ1) is 21.8. The van der Waals surface area contributed by atoms with Crippen molar-refractivity contribution in [1.29, 1.82) is 0 Å². The molecule has 10 heteroatoms. The maximum Gasteiger partial charge on any atom is 0.338 e. The first-order chi connectivity index (χ1) is 16.5. The van der Waals surface area contributed by atoms with E-state index in [9.17, 15) is 19.7 Å². The van der Waals surface area contributed by atoms with Crippen LogP contribution < -0.4 is 15.8 Å². The van der Waals surface area contributed by atoms with E-state index in [1.165, 1.54) is 12.1 Å². The topological polar surface area (TPSA) is 127 Å². The van der Waals surface area contributed by atoms with E-state index in [0.717, 1.165) is 0 Å². The number of esters is 1. The van der Waals surface area contributed by atoms with Crippen LogP contribution in [0.25, 0.3) is 0 Å². The zero-order valence-electron chi connectivity index (χ0n) is 18.2. The Balaban J connectivity index is 1.59. The van der Waals surface area contributed by atoms with Crippen molar-refractivity contribution < 1.29 is 23.7 Å². The normalized spacial score (nSPS) is 23.7. The minimum atomic E-state index is -0.580. The van der Waals surface area contributed by atoms with E-state index in [-0.39, 0.29) is 30.2 Å². The van der Waals surface area contributed by atoms with E-state index in [4.69, 9.17) is 9.15 Å². The molecule has 10 nitrogen and oxygen atoms in total. The summed E-state index contributed by atoms with van der Waals surface area (Å²) in [5.41, 5.74) is 7.75. The summed E-state index contributed by atoms with van der Waals surface area (Å²) in [6.45, 7) is 1.99. The van der Waals surface area contributed by atoms with Crippen LogP contribution in [-0.4, -0.2) is 29.4 Å². The fraction of sp³-hybridized carbons (Fsp3) is 0.250. The van der Waals surface area contributed by atoms with Gasteiger partial charge in [-0.2, -0.15) is 0 Å². The maximum absolute atomic E-state index is 13.6. The van der Waals surface area contributed by atoms with Gasteiger partial charge < -0.3 is 14.1 Å². The third-order valence-electron chi connectivity index (χ3n) is 6.24. The number of amides is 1. The molecule has 0 saturated carbocycles. The van der Waals surface area contributed by atoms with Crippen LogP contribution in [0.3, 0.4) is 0 Å². The highest BCUT2D eigenvalue weighted by Crippen LogP contribution is 2.49. The van der Waals surface area contributed by atoms with Gasteiger partial charge >= 0.3 is 5.97 Å². The Morgan fingerprint density at radius 2 is 1.88 bits per heavy atom. The summed E-state index contributed by atoms with van der Waals surface area (Å²) in [4.78, 5) is 38.3. The quantitative estimate of drug-likeness (QED) is 0.325. The molecule has 34 heavy (non-hydrogen) atoms. The number of anilines is 1. The SMILES string of the molecule is CCOC(=O)c1ccc(N2C(=O)C3NNC(c4ccco4)C3C2c2cccc([N+](=O)[O-])c2)cc1. The molecule has 2 aromatic carbocycles. The fourth-order valence-electron chi connectivity index (χ4n) is 4.80. The molecule has 2 saturated heterocycles. The summed E-state index contributed by atoms with van der Waals surface area (Å²) in [7, 11) is 0. The van der Waals surface area contributed by atoms with Crippen LogP contribution >= 0.6 is 0 Å². The van der Waals surface area contributed by atoms with Gasteiger partial charge in [0.15, 0.2) is 0 Å². The number of carbonyl (C=O) groups is 2. The van der Waals surface area contributed by atoms with Crippen molar-refractivity contribution in [2.45, 2.75) is 25.0 Å². The first-order valence-corrected chi connectivity index (χ1v) is 10.9. The lowest BCUT2D eigenvalue weighted by atomic mass is 9.85. The van der Waals surface area contributed by atoms with Crippen LogP contribution in [0, 0.1) is 16.0 Å². The molecular weight excluding hydrogens is 440 g/mol. The molecular formula is C24H22N4O6. The summed E-state index contributed by atoms with van der Waals surface area (Å²) in [6.07, 6.45) is 1.56. The van der Waals surface area contributed by atoms with Crippen molar-refractivity contribution in [3.8, 4) is 0 Å². The number of fused-ring (bicyclic) bond motifs is 1. The molecule has 3 heterocycles. The number of nitrogens with zero attached hydrogens (tertiary/aromatic N) is 2. The highest BCUT2D eigenvalue weighted by molar-refractivity contribution is 6.02. The maximum atomic E-state index is 13.6. The van der Waals surface area contributed by atoms with Gasteiger partial charge in [0.25, 0.3) is 5.69 Å². The third kappa shape index (κ3) is 3.62. The van der Waals surface area contributed by atoms with Crippen molar-refractivity contribution >= 4 is 23.3 Å². The van der Waals surface area contributed by atoms with Crippen LogP contribution in [0.2, 0.25) is 0 Å². The summed E-state index contributed by atoms with van der Waals surface area (Å²) in [5, 5.41) is 11.5. The summed E-state index contributed by atoms with van der Waals surface area (Å²) >= 11 is 0. The number of nitro benzene ring substituents is 1.